The van der Waals surface area contributed by atoms with E-state index in [4.69, 9.17) is 5.11 Å². The second-order valence-corrected chi connectivity index (χ2v) is 8.96. The molecular weight excluding hydrogens is 272 g/mol. The van der Waals surface area contributed by atoms with E-state index in [-0.39, 0.29) is 6.61 Å². The highest BCUT2D eigenvalue weighted by atomic mass is 16.3. The Bertz CT molecular complexity index is 408. The van der Waals surface area contributed by atoms with E-state index in [0.717, 1.165) is 31.1 Å². The third kappa shape index (κ3) is 3.59. The van der Waals surface area contributed by atoms with E-state index < -0.39 is 5.60 Å². The van der Waals surface area contributed by atoms with Crippen LogP contribution in [0.5, 0.6) is 0 Å². The second-order valence-electron chi connectivity index (χ2n) is 8.96. The van der Waals surface area contributed by atoms with Gasteiger partial charge in [-0.25, -0.2) is 0 Å². The molecule has 2 rings (SSSR count). The molecule has 5 atom stereocenters. The number of aliphatic hydroxyl groups excluding tert-OH is 1. The van der Waals surface area contributed by atoms with Gasteiger partial charge in [-0.15, -0.1) is 0 Å². The molecule has 0 heterocycles. The van der Waals surface area contributed by atoms with Crippen molar-refractivity contribution in [3.05, 3.63) is 11.6 Å². The van der Waals surface area contributed by atoms with E-state index >= 15 is 0 Å². The van der Waals surface area contributed by atoms with Gasteiger partial charge < -0.3 is 10.2 Å². The fraction of sp³-hybridized carbons (Fsp3) is 0.900. The van der Waals surface area contributed by atoms with Crippen molar-refractivity contribution in [3.63, 3.8) is 0 Å². The fourth-order valence-electron chi connectivity index (χ4n) is 5.35. The summed E-state index contributed by atoms with van der Waals surface area (Å²) in [7, 11) is 0. The molecule has 2 aliphatic rings. The molecule has 2 nitrogen and oxygen atoms in total. The molecule has 2 N–H and O–H groups in total. The number of allylic oxidation sites excluding steroid dienone is 1. The summed E-state index contributed by atoms with van der Waals surface area (Å²) in [5.41, 5.74) is 1.15. The van der Waals surface area contributed by atoms with Crippen LogP contribution in [0, 0.1) is 29.1 Å². The minimum Gasteiger partial charge on any atom is -0.392 e. The number of fused-ring (bicyclic) bond motifs is 1. The van der Waals surface area contributed by atoms with E-state index in [1.54, 1.807) is 0 Å². The SMILES string of the molecule is C/C(=C\CO)CC[C@@H]1[C@H]2C(C)CCC(C)(C)[C@H]2CC[C@@]1(C)O. The van der Waals surface area contributed by atoms with Crippen LogP contribution in [0.1, 0.15) is 73.1 Å². The van der Waals surface area contributed by atoms with Crippen molar-refractivity contribution >= 4 is 0 Å². The lowest BCUT2D eigenvalue weighted by Crippen LogP contribution is -2.54. The van der Waals surface area contributed by atoms with Crippen LogP contribution in [-0.2, 0) is 0 Å². The van der Waals surface area contributed by atoms with Gasteiger partial charge in [0.05, 0.1) is 12.2 Å². The number of rotatable bonds is 4. The van der Waals surface area contributed by atoms with Crippen molar-refractivity contribution in [1.29, 1.82) is 0 Å². The smallest absolute Gasteiger partial charge is 0.0650 e. The van der Waals surface area contributed by atoms with Crippen LogP contribution in [0.3, 0.4) is 0 Å². The number of hydrogen-bond donors (Lipinski definition) is 2. The molecule has 128 valence electrons. The first-order valence-corrected chi connectivity index (χ1v) is 9.18. The summed E-state index contributed by atoms with van der Waals surface area (Å²) in [4.78, 5) is 0. The maximum absolute atomic E-state index is 11.0. The first-order chi connectivity index (χ1) is 10.2. The van der Waals surface area contributed by atoms with Gasteiger partial charge in [0, 0.05) is 0 Å². The third-order valence-electron chi connectivity index (χ3n) is 6.88. The average molecular weight is 309 g/mol. The molecule has 0 saturated heterocycles. The Hall–Kier alpha value is -0.340. The predicted octanol–water partition coefficient (Wildman–Crippen LogP) is 4.55. The molecule has 2 aliphatic carbocycles. The zero-order chi connectivity index (χ0) is 16.5. The van der Waals surface area contributed by atoms with Crippen LogP contribution >= 0.6 is 0 Å². The highest BCUT2D eigenvalue weighted by Gasteiger charge is 2.52. The van der Waals surface area contributed by atoms with Crippen LogP contribution < -0.4 is 0 Å². The highest BCUT2D eigenvalue weighted by Crippen LogP contribution is 2.57. The molecule has 0 aliphatic heterocycles. The second kappa shape index (κ2) is 6.65. The van der Waals surface area contributed by atoms with Gasteiger partial charge in [0.2, 0.25) is 0 Å². The third-order valence-corrected chi connectivity index (χ3v) is 6.88. The van der Waals surface area contributed by atoms with E-state index in [9.17, 15) is 5.11 Å². The summed E-state index contributed by atoms with van der Waals surface area (Å²) >= 11 is 0. The van der Waals surface area contributed by atoms with Gasteiger partial charge in [-0.1, -0.05) is 32.4 Å². The van der Waals surface area contributed by atoms with Gasteiger partial charge in [0.15, 0.2) is 0 Å². The van der Waals surface area contributed by atoms with Gasteiger partial charge in [0.25, 0.3) is 0 Å². The van der Waals surface area contributed by atoms with Gasteiger partial charge in [-0.2, -0.15) is 0 Å². The molecule has 0 amide bonds. The standard InChI is InChI=1S/C20H36O2/c1-14(10-13-21)6-7-17-18-15(2)8-11-19(3,4)16(18)9-12-20(17,5)22/h10,15-18,21-22H,6-9,11-13H2,1-5H3/b14-10+/t15?,16-,17+,18-,20+/m0/s1. The molecule has 2 fully saturated rings. The average Bonchev–Trinajstić information content (AvgIpc) is 2.41. The minimum atomic E-state index is -0.525. The quantitative estimate of drug-likeness (QED) is 0.748. The molecule has 0 bridgehead atoms. The molecule has 1 unspecified atom stereocenters. The van der Waals surface area contributed by atoms with Crippen molar-refractivity contribution in [1.82, 2.24) is 0 Å². The lowest BCUT2D eigenvalue weighted by Gasteiger charge is -2.57. The molecule has 22 heavy (non-hydrogen) atoms. The Morgan fingerprint density at radius 2 is 1.86 bits per heavy atom. The maximum Gasteiger partial charge on any atom is 0.0650 e. The Kier molecular flexibility index (Phi) is 5.44. The molecule has 2 saturated carbocycles. The summed E-state index contributed by atoms with van der Waals surface area (Å²) in [6, 6.07) is 0. The molecule has 0 spiro atoms. The monoisotopic (exact) mass is 308 g/mol. The molecule has 0 radical (unpaired) electrons. The van der Waals surface area contributed by atoms with E-state index in [0.29, 0.717) is 17.3 Å². The highest BCUT2D eigenvalue weighted by molar-refractivity contribution is 5.05. The normalized spacial score (nSPS) is 42.0. The van der Waals surface area contributed by atoms with Crippen molar-refractivity contribution in [2.75, 3.05) is 6.61 Å². The largest absolute Gasteiger partial charge is 0.392 e. The van der Waals surface area contributed by atoms with Crippen molar-refractivity contribution in [2.45, 2.75) is 78.7 Å². The maximum atomic E-state index is 11.0. The topological polar surface area (TPSA) is 40.5 Å². The van der Waals surface area contributed by atoms with Gasteiger partial charge in [0.1, 0.15) is 0 Å². The van der Waals surface area contributed by atoms with Crippen molar-refractivity contribution in [2.24, 2.45) is 29.1 Å². The first-order valence-electron chi connectivity index (χ1n) is 9.18. The zero-order valence-corrected chi connectivity index (χ0v) is 15.2. The fourth-order valence-corrected chi connectivity index (χ4v) is 5.35. The molecule has 0 aromatic rings. The Balaban J connectivity index is 2.20. The van der Waals surface area contributed by atoms with Crippen LogP contribution in [0.2, 0.25) is 0 Å². The van der Waals surface area contributed by atoms with E-state index in [1.165, 1.54) is 24.8 Å². The van der Waals surface area contributed by atoms with Crippen LogP contribution in [0.4, 0.5) is 0 Å². The van der Waals surface area contributed by atoms with Gasteiger partial charge in [-0.3, -0.25) is 0 Å². The van der Waals surface area contributed by atoms with Crippen LogP contribution in [0.25, 0.3) is 0 Å². The summed E-state index contributed by atoms with van der Waals surface area (Å²) in [6.45, 7) is 11.6. The number of aliphatic hydroxyl groups is 2. The Labute approximate surface area is 137 Å². The van der Waals surface area contributed by atoms with E-state index in [1.807, 2.05) is 6.08 Å². The molecule has 0 aromatic heterocycles. The minimum absolute atomic E-state index is 0.127. The zero-order valence-electron chi connectivity index (χ0n) is 15.2. The van der Waals surface area contributed by atoms with Gasteiger partial charge in [-0.05, 0) is 81.5 Å². The molecule has 0 aromatic carbocycles. The summed E-state index contributed by atoms with van der Waals surface area (Å²) in [5, 5.41) is 20.1. The van der Waals surface area contributed by atoms with Crippen LogP contribution in [-0.4, -0.2) is 22.4 Å². The number of hydrogen-bond acceptors (Lipinski definition) is 2. The summed E-state index contributed by atoms with van der Waals surface area (Å²) in [5.74, 6) is 2.51. The van der Waals surface area contributed by atoms with Gasteiger partial charge >= 0.3 is 0 Å². The predicted molar refractivity (Wildman–Crippen MR) is 92.6 cm³/mol. The Morgan fingerprint density at radius 1 is 1.18 bits per heavy atom. The summed E-state index contributed by atoms with van der Waals surface area (Å²) < 4.78 is 0. The van der Waals surface area contributed by atoms with Crippen LogP contribution in [0.15, 0.2) is 11.6 Å². The Morgan fingerprint density at radius 3 is 2.50 bits per heavy atom. The lowest BCUT2D eigenvalue weighted by atomic mass is 9.49. The van der Waals surface area contributed by atoms with Crippen molar-refractivity contribution in [3.8, 4) is 0 Å². The summed E-state index contributed by atoms with van der Waals surface area (Å²) in [6.07, 6.45) is 8.70. The molecule has 2 heteroatoms. The molecular formula is C20H36O2. The first kappa shape index (κ1) is 18.0. The van der Waals surface area contributed by atoms with Crippen molar-refractivity contribution < 1.29 is 10.2 Å². The van der Waals surface area contributed by atoms with E-state index in [2.05, 4.69) is 34.6 Å². The lowest BCUT2D eigenvalue weighted by molar-refractivity contribution is -0.137.